The van der Waals surface area contributed by atoms with Gasteiger partial charge in [-0.2, -0.15) is 0 Å². The van der Waals surface area contributed by atoms with Gasteiger partial charge in [-0.05, 0) is 30.5 Å². The summed E-state index contributed by atoms with van der Waals surface area (Å²) in [6.07, 6.45) is 2.79. The summed E-state index contributed by atoms with van der Waals surface area (Å²) in [5, 5.41) is 10.3. The quantitative estimate of drug-likeness (QED) is 0.835. The first kappa shape index (κ1) is 10.9. The topological polar surface area (TPSA) is 38.1 Å². The highest BCUT2D eigenvalue weighted by atomic mass is 16.3. The minimum atomic E-state index is -0.604. The third-order valence-electron chi connectivity index (χ3n) is 3.08. The third kappa shape index (κ3) is 1.74. The van der Waals surface area contributed by atoms with Crippen molar-refractivity contribution in [2.75, 3.05) is 0 Å². The second kappa shape index (κ2) is 4.10. The number of nitrogens with zero attached hydrogens (tertiary/aromatic N) is 2. The van der Waals surface area contributed by atoms with Crippen LogP contribution < -0.4 is 0 Å². The summed E-state index contributed by atoms with van der Waals surface area (Å²) in [6, 6.07) is 5.98. The van der Waals surface area contributed by atoms with E-state index >= 15 is 0 Å². The van der Waals surface area contributed by atoms with Crippen molar-refractivity contribution in [2.24, 2.45) is 7.05 Å². The lowest BCUT2D eigenvalue weighted by Crippen LogP contribution is -2.07. The first-order valence-electron chi connectivity index (χ1n) is 5.31. The van der Waals surface area contributed by atoms with Gasteiger partial charge in [-0.25, -0.2) is 4.98 Å². The summed E-state index contributed by atoms with van der Waals surface area (Å²) >= 11 is 0. The fraction of sp³-hybridized carbons (Fsp3) is 0.308. The highest BCUT2D eigenvalue weighted by Gasteiger charge is 2.16. The standard InChI is InChI=1S/C13H16N2O/c1-9-5-4-6-11(10(9)2)13(16)12-7-14-8-15(12)3/h4-8,13,16H,1-3H3. The van der Waals surface area contributed by atoms with Crippen LogP contribution in [-0.4, -0.2) is 14.7 Å². The maximum absolute atomic E-state index is 10.3. The first-order valence-corrected chi connectivity index (χ1v) is 5.31. The number of hydrogen-bond acceptors (Lipinski definition) is 2. The number of imidazole rings is 1. The fourth-order valence-corrected chi connectivity index (χ4v) is 1.86. The summed E-state index contributed by atoms with van der Waals surface area (Å²) in [4.78, 5) is 4.02. The Bertz CT molecular complexity index is 502. The van der Waals surface area contributed by atoms with Gasteiger partial charge in [0.05, 0.1) is 18.2 Å². The summed E-state index contributed by atoms with van der Waals surface area (Å²) in [7, 11) is 1.89. The van der Waals surface area contributed by atoms with Crippen molar-refractivity contribution in [3.63, 3.8) is 0 Å². The molecule has 0 aliphatic carbocycles. The molecule has 84 valence electrons. The molecule has 2 rings (SSSR count). The van der Waals surface area contributed by atoms with Crippen molar-refractivity contribution in [1.82, 2.24) is 9.55 Å². The zero-order valence-corrected chi connectivity index (χ0v) is 9.81. The van der Waals surface area contributed by atoms with E-state index < -0.39 is 6.10 Å². The molecule has 0 saturated carbocycles. The van der Waals surface area contributed by atoms with Crippen LogP contribution in [-0.2, 0) is 7.05 Å². The predicted octanol–water partition coefficient (Wildman–Crippen LogP) is 2.12. The Kier molecular flexibility index (Phi) is 2.79. The van der Waals surface area contributed by atoms with Crippen LogP contribution in [0.3, 0.4) is 0 Å². The largest absolute Gasteiger partial charge is 0.382 e. The summed E-state index contributed by atoms with van der Waals surface area (Å²) in [5.41, 5.74) is 4.09. The lowest BCUT2D eigenvalue weighted by molar-refractivity contribution is 0.210. The van der Waals surface area contributed by atoms with Crippen LogP contribution in [0.1, 0.15) is 28.5 Å². The maximum Gasteiger partial charge on any atom is 0.121 e. The van der Waals surface area contributed by atoms with Crippen LogP contribution in [0.2, 0.25) is 0 Å². The number of rotatable bonds is 2. The molecule has 0 spiro atoms. The Labute approximate surface area is 95.4 Å². The van der Waals surface area contributed by atoms with E-state index in [1.165, 1.54) is 5.56 Å². The normalized spacial score (nSPS) is 12.8. The Morgan fingerprint density at radius 1 is 1.31 bits per heavy atom. The SMILES string of the molecule is Cc1cccc(C(O)c2cncn2C)c1C. The molecule has 1 N–H and O–H groups in total. The van der Waals surface area contributed by atoms with Gasteiger partial charge < -0.3 is 9.67 Å². The van der Waals surface area contributed by atoms with E-state index in [-0.39, 0.29) is 0 Å². The molecule has 2 aromatic rings. The Morgan fingerprint density at radius 2 is 2.06 bits per heavy atom. The minimum absolute atomic E-state index is 0.604. The molecule has 0 aliphatic rings. The van der Waals surface area contributed by atoms with Crippen LogP contribution >= 0.6 is 0 Å². The Hall–Kier alpha value is -1.61. The number of aliphatic hydroxyl groups is 1. The fourth-order valence-electron chi connectivity index (χ4n) is 1.86. The lowest BCUT2D eigenvalue weighted by Gasteiger charge is -2.15. The summed E-state index contributed by atoms with van der Waals surface area (Å²) in [5.74, 6) is 0. The van der Waals surface area contributed by atoms with Crippen LogP contribution in [0.25, 0.3) is 0 Å². The van der Waals surface area contributed by atoms with Crippen molar-refractivity contribution in [1.29, 1.82) is 0 Å². The molecule has 3 nitrogen and oxygen atoms in total. The van der Waals surface area contributed by atoms with E-state index in [0.29, 0.717) is 0 Å². The Balaban J connectivity index is 2.46. The molecule has 0 amide bonds. The van der Waals surface area contributed by atoms with Crippen molar-refractivity contribution in [3.8, 4) is 0 Å². The molecule has 1 atom stereocenters. The zero-order valence-electron chi connectivity index (χ0n) is 9.81. The minimum Gasteiger partial charge on any atom is -0.382 e. The maximum atomic E-state index is 10.3. The molecule has 0 radical (unpaired) electrons. The second-order valence-electron chi connectivity index (χ2n) is 4.12. The average Bonchev–Trinajstić information content (AvgIpc) is 2.68. The van der Waals surface area contributed by atoms with Crippen molar-refractivity contribution >= 4 is 0 Å². The van der Waals surface area contributed by atoms with Gasteiger partial charge in [-0.15, -0.1) is 0 Å². The number of aliphatic hydroxyl groups excluding tert-OH is 1. The first-order chi connectivity index (χ1) is 7.61. The predicted molar refractivity (Wildman–Crippen MR) is 63.2 cm³/mol. The Morgan fingerprint density at radius 3 is 2.69 bits per heavy atom. The van der Waals surface area contributed by atoms with Gasteiger partial charge in [0.1, 0.15) is 6.10 Å². The van der Waals surface area contributed by atoms with Gasteiger partial charge in [0.15, 0.2) is 0 Å². The van der Waals surface area contributed by atoms with Gasteiger partial charge >= 0.3 is 0 Å². The van der Waals surface area contributed by atoms with Gasteiger partial charge in [0.2, 0.25) is 0 Å². The molecule has 1 aromatic carbocycles. The molecular weight excluding hydrogens is 200 g/mol. The molecule has 16 heavy (non-hydrogen) atoms. The lowest BCUT2D eigenvalue weighted by atomic mass is 9.98. The van der Waals surface area contributed by atoms with Crippen LogP contribution in [0, 0.1) is 13.8 Å². The van der Waals surface area contributed by atoms with E-state index in [4.69, 9.17) is 0 Å². The number of aryl methyl sites for hydroxylation is 2. The molecule has 1 aromatic heterocycles. The molecule has 0 saturated heterocycles. The van der Waals surface area contributed by atoms with Crippen molar-refractivity contribution in [2.45, 2.75) is 20.0 Å². The van der Waals surface area contributed by atoms with Crippen LogP contribution in [0.5, 0.6) is 0 Å². The summed E-state index contributed by atoms with van der Waals surface area (Å²) < 4.78 is 1.84. The smallest absolute Gasteiger partial charge is 0.121 e. The van der Waals surface area contributed by atoms with E-state index in [1.807, 2.05) is 30.7 Å². The highest BCUT2D eigenvalue weighted by Crippen LogP contribution is 2.25. The van der Waals surface area contributed by atoms with Gasteiger partial charge in [0, 0.05) is 7.05 Å². The molecule has 0 aliphatic heterocycles. The molecule has 1 heterocycles. The van der Waals surface area contributed by atoms with E-state index in [9.17, 15) is 5.11 Å². The summed E-state index contributed by atoms with van der Waals surface area (Å²) in [6.45, 7) is 4.08. The highest BCUT2D eigenvalue weighted by molar-refractivity contribution is 5.37. The van der Waals surface area contributed by atoms with E-state index in [2.05, 4.69) is 18.0 Å². The van der Waals surface area contributed by atoms with Crippen molar-refractivity contribution in [3.05, 3.63) is 53.1 Å². The van der Waals surface area contributed by atoms with Crippen molar-refractivity contribution < 1.29 is 5.11 Å². The molecule has 0 fully saturated rings. The molecule has 3 heteroatoms. The average molecular weight is 216 g/mol. The number of aromatic nitrogens is 2. The third-order valence-corrected chi connectivity index (χ3v) is 3.08. The van der Waals surface area contributed by atoms with E-state index in [0.717, 1.165) is 16.8 Å². The van der Waals surface area contributed by atoms with Crippen LogP contribution in [0.4, 0.5) is 0 Å². The second-order valence-corrected chi connectivity index (χ2v) is 4.12. The molecule has 0 bridgehead atoms. The van der Waals surface area contributed by atoms with Gasteiger partial charge in [0.25, 0.3) is 0 Å². The van der Waals surface area contributed by atoms with Gasteiger partial charge in [-0.1, -0.05) is 18.2 Å². The number of hydrogen-bond donors (Lipinski definition) is 1. The number of benzene rings is 1. The monoisotopic (exact) mass is 216 g/mol. The molecular formula is C13H16N2O. The van der Waals surface area contributed by atoms with E-state index in [1.54, 1.807) is 12.5 Å². The zero-order chi connectivity index (χ0) is 11.7. The van der Waals surface area contributed by atoms with Crippen LogP contribution in [0.15, 0.2) is 30.7 Å². The van der Waals surface area contributed by atoms with Gasteiger partial charge in [-0.3, -0.25) is 0 Å². The molecule has 1 unspecified atom stereocenters.